The number of hydrogen-bond donors (Lipinski definition) is 1. The molecule has 2 unspecified atom stereocenters. The molecule has 2 saturated heterocycles. The van der Waals surface area contributed by atoms with Crippen LogP contribution in [0.1, 0.15) is 32.3 Å². The van der Waals surface area contributed by atoms with Gasteiger partial charge in [0.1, 0.15) is 0 Å². The molecule has 2 atom stereocenters. The Kier molecular flexibility index (Phi) is 5.02. The fourth-order valence-corrected chi connectivity index (χ4v) is 3.68. The van der Waals surface area contributed by atoms with E-state index in [9.17, 15) is 4.79 Å². The predicted octanol–water partition coefficient (Wildman–Crippen LogP) is 2.44. The SMILES string of the molecule is CC1(C)CC(C(=O)N2CCC(COCc3ccccc3)C2)CN1. The molecule has 2 heterocycles. The molecule has 0 radical (unpaired) electrons. The molecule has 2 aliphatic rings. The van der Waals surface area contributed by atoms with Gasteiger partial charge in [-0.25, -0.2) is 0 Å². The van der Waals surface area contributed by atoms with Gasteiger partial charge in [0.2, 0.25) is 5.91 Å². The van der Waals surface area contributed by atoms with Gasteiger partial charge in [0.15, 0.2) is 0 Å². The third kappa shape index (κ3) is 4.33. The third-order valence-electron chi connectivity index (χ3n) is 5.00. The largest absolute Gasteiger partial charge is 0.376 e. The first-order valence-electron chi connectivity index (χ1n) is 8.69. The number of carbonyl (C=O) groups excluding carboxylic acids is 1. The van der Waals surface area contributed by atoms with Gasteiger partial charge in [0.05, 0.1) is 19.1 Å². The van der Waals surface area contributed by atoms with Crippen molar-refractivity contribution in [3.8, 4) is 0 Å². The zero-order valence-electron chi connectivity index (χ0n) is 14.3. The number of hydrogen-bond acceptors (Lipinski definition) is 3. The smallest absolute Gasteiger partial charge is 0.227 e. The van der Waals surface area contributed by atoms with E-state index in [-0.39, 0.29) is 11.5 Å². The molecule has 4 heteroatoms. The second-order valence-corrected chi connectivity index (χ2v) is 7.61. The first-order valence-corrected chi connectivity index (χ1v) is 8.69. The van der Waals surface area contributed by atoms with E-state index in [1.807, 2.05) is 23.1 Å². The van der Waals surface area contributed by atoms with E-state index in [0.717, 1.165) is 39.1 Å². The summed E-state index contributed by atoms with van der Waals surface area (Å²) in [4.78, 5) is 14.7. The van der Waals surface area contributed by atoms with Crippen LogP contribution in [-0.2, 0) is 16.1 Å². The minimum absolute atomic E-state index is 0.0955. The van der Waals surface area contributed by atoms with Gasteiger partial charge in [-0.1, -0.05) is 30.3 Å². The average Bonchev–Trinajstić information content (AvgIpc) is 3.14. The number of likely N-dealkylation sites (tertiary alicyclic amines) is 1. The average molecular weight is 316 g/mol. The molecule has 4 nitrogen and oxygen atoms in total. The standard InChI is InChI=1S/C19H28N2O2/c1-19(2)10-17(11-20-19)18(22)21-9-8-16(12-21)14-23-13-15-6-4-3-5-7-15/h3-7,16-17,20H,8-14H2,1-2H3. The summed E-state index contributed by atoms with van der Waals surface area (Å²) >= 11 is 0. The Labute approximate surface area is 139 Å². The van der Waals surface area contributed by atoms with E-state index in [0.29, 0.717) is 18.4 Å². The topological polar surface area (TPSA) is 41.6 Å². The quantitative estimate of drug-likeness (QED) is 0.907. The number of nitrogens with zero attached hydrogens (tertiary/aromatic N) is 1. The van der Waals surface area contributed by atoms with Gasteiger partial charge in [0.25, 0.3) is 0 Å². The Morgan fingerprint density at radius 3 is 2.83 bits per heavy atom. The number of nitrogens with one attached hydrogen (secondary N) is 1. The van der Waals surface area contributed by atoms with Crippen molar-refractivity contribution in [2.75, 3.05) is 26.2 Å². The first kappa shape index (κ1) is 16.5. The molecule has 1 aromatic rings. The number of benzene rings is 1. The number of amides is 1. The van der Waals surface area contributed by atoms with Crippen molar-refractivity contribution in [3.05, 3.63) is 35.9 Å². The van der Waals surface area contributed by atoms with Crippen LogP contribution in [0.15, 0.2) is 30.3 Å². The molecule has 23 heavy (non-hydrogen) atoms. The zero-order valence-corrected chi connectivity index (χ0v) is 14.3. The van der Waals surface area contributed by atoms with E-state index in [2.05, 4.69) is 31.3 Å². The van der Waals surface area contributed by atoms with Crippen molar-refractivity contribution in [3.63, 3.8) is 0 Å². The zero-order chi connectivity index (χ0) is 16.3. The van der Waals surface area contributed by atoms with Crippen molar-refractivity contribution in [2.45, 2.75) is 38.8 Å². The summed E-state index contributed by atoms with van der Waals surface area (Å²) in [5, 5.41) is 3.44. The summed E-state index contributed by atoms with van der Waals surface area (Å²) in [5.41, 5.74) is 1.30. The van der Waals surface area contributed by atoms with Gasteiger partial charge < -0.3 is 15.0 Å². The van der Waals surface area contributed by atoms with Gasteiger partial charge in [-0.2, -0.15) is 0 Å². The summed E-state index contributed by atoms with van der Waals surface area (Å²) in [6, 6.07) is 10.2. The summed E-state index contributed by atoms with van der Waals surface area (Å²) in [6.07, 6.45) is 2.00. The second-order valence-electron chi connectivity index (χ2n) is 7.61. The Bertz CT molecular complexity index is 529. The summed E-state index contributed by atoms with van der Waals surface area (Å²) in [5.74, 6) is 0.952. The molecular weight excluding hydrogens is 288 g/mol. The van der Waals surface area contributed by atoms with E-state index in [4.69, 9.17) is 4.74 Å². The fraction of sp³-hybridized carbons (Fsp3) is 0.632. The predicted molar refractivity (Wildman–Crippen MR) is 91.0 cm³/mol. The second kappa shape index (κ2) is 7.02. The van der Waals surface area contributed by atoms with Crippen LogP contribution in [0.3, 0.4) is 0 Å². The summed E-state index contributed by atoms with van der Waals surface area (Å²) < 4.78 is 5.84. The van der Waals surface area contributed by atoms with E-state index in [1.54, 1.807) is 0 Å². The monoisotopic (exact) mass is 316 g/mol. The molecule has 126 valence electrons. The highest BCUT2D eigenvalue weighted by atomic mass is 16.5. The Morgan fingerprint density at radius 1 is 1.35 bits per heavy atom. The summed E-state index contributed by atoms with van der Waals surface area (Å²) in [7, 11) is 0. The molecule has 1 aromatic carbocycles. The van der Waals surface area contributed by atoms with Gasteiger partial charge in [-0.05, 0) is 32.3 Å². The lowest BCUT2D eigenvalue weighted by atomic mass is 9.96. The van der Waals surface area contributed by atoms with Gasteiger partial charge in [-0.15, -0.1) is 0 Å². The van der Waals surface area contributed by atoms with E-state index >= 15 is 0 Å². The Balaban J connectivity index is 1.41. The normalized spacial score (nSPS) is 26.6. The van der Waals surface area contributed by atoms with Crippen molar-refractivity contribution in [1.82, 2.24) is 10.2 Å². The molecule has 0 bridgehead atoms. The molecule has 3 rings (SSSR count). The summed E-state index contributed by atoms with van der Waals surface area (Å²) in [6.45, 7) is 8.30. The van der Waals surface area contributed by atoms with Crippen LogP contribution in [0, 0.1) is 11.8 Å². The molecule has 0 aliphatic carbocycles. The Hall–Kier alpha value is -1.39. The van der Waals surface area contributed by atoms with Gasteiger partial charge >= 0.3 is 0 Å². The molecule has 2 aliphatic heterocycles. The Morgan fingerprint density at radius 2 is 2.13 bits per heavy atom. The lowest BCUT2D eigenvalue weighted by Gasteiger charge is -2.21. The van der Waals surface area contributed by atoms with Gasteiger partial charge in [0, 0.05) is 31.1 Å². The maximum absolute atomic E-state index is 12.6. The van der Waals surface area contributed by atoms with E-state index in [1.165, 1.54) is 5.56 Å². The number of carbonyl (C=O) groups is 1. The van der Waals surface area contributed by atoms with Crippen molar-refractivity contribution in [1.29, 1.82) is 0 Å². The minimum Gasteiger partial charge on any atom is -0.376 e. The van der Waals surface area contributed by atoms with Crippen molar-refractivity contribution in [2.24, 2.45) is 11.8 Å². The minimum atomic E-state index is 0.0955. The van der Waals surface area contributed by atoms with Crippen LogP contribution in [-0.4, -0.2) is 42.6 Å². The highest BCUT2D eigenvalue weighted by Gasteiger charge is 2.38. The van der Waals surface area contributed by atoms with Crippen molar-refractivity contribution < 1.29 is 9.53 Å². The van der Waals surface area contributed by atoms with Gasteiger partial charge in [-0.3, -0.25) is 4.79 Å². The maximum atomic E-state index is 12.6. The van der Waals surface area contributed by atoms with E-state index < -0.39 is 0 Å². The van der Waals surface area contributed by atoms with Crippen LogP contribution >= 0.6 is 0 Å². The molecule has 0 aromatic heterocycles. The molecular formula is C19H28N2O2. The van der Waals surface area contributed by atoms with Crippen LogP contribution in [0.25, 0.3) is 0 Å². The molecule has 2 fully saturated rings. The maximum Gasteiger partial charge on any atom is 0.227 e. The van der Waals surface area contributed by atoms with Crippen LogP contribution in [0.5, 0.6) is 0 Å². The number of ether oxygens (including phenoxy) is 1. The third-order valence-corrected chi connectivity index (χ3v) is 5.00. The van der Waals surface area contributed by atoms with Crippen LogP contribution < -0.4 is 5.32 Å². The lowest BCUT2D eigenvalue weighted by Crippen LogP contribution is -2.35. The van der Waals surface area contributed by atoms with Crippen LogP contribution in [0.4, 0.5) is 0 Å². The molecule has 0 spiro atoms. The van der Waals surface area contributed by atoms with Crippen molar-refractivity contribution >= 4 is 5.91 Å². The van der Waals surface area contributed by atoms with Crippen LogP contribution in [0.2, 0.25) is 0 Å². The molecule has 1 amide bonds. The molecule has 0 saturated carbocycles. The first-order chi connectivity index (χ1) is 11.0. The number of rotatable bonds is 5. The highest BCUT2D eigenvalue weighted by Crippen LogP contribution is 2.27. The highest BCUT2D eigenvalue weighted by molar-refractivity contribution is 5.80. The molecule has 1 N–H and O–H groups in total. The lowest BCUT2D eigenvalue weighted by molar-refractivity contribution is -0.134. The fourth-order valence-electron chi connectivity index (χ4n) is 3.68.